The molecule has 0 aliphatic heterocycles. The van der Waals surface area contributed by atoms with Crippen LogP contribution >= 0.6 is 11.3 Å². The van der Waals surface area contributed by atoms with Crippen molar-refractivity contribution < 1.29 is 5.11 Å². The normalized spacial score (nSPS) is 29.5. The highest BCUT2D eigenvalue weighted by atomic mass is 32.1. The lowest BCUT2D eigenvalue weighted by Crippen LogP contribution is -2.37. The average Bonchev–Trinajstić information content (AvgIpc) is 2.57. The predicted molar refractivity (Wildman–Crippen MR) is 72.5 cm³/mol. The van der Waals surface area contributed by atoms with Crippen LogP contribution in [0.25, 0.3) is 0 Å². The van der Waals surface area contributed by atoms with Crippen LogP contribution in [0.3, 0.4) is 0 Å². The Kier molecular flexibility index (Phi) is 3.88. The van der Waals surface area contributed by atoms with Crippen LogP contribution in [-0.2, 0) is 6.42 Å². The summed E-state index contributed by atoms with van der Waals surface area (Å²) >= 11 is 1.74. The van der Waals surface area contributed by atoms with E-state index < -0.39 is 5.60 Å². The van der Waals surface area contributed by atoms with Gasteiger partial charge in [0.15, 0.2) is 0 Å². The van der Waals surface area contributed by atoms with E-state index in [4.69, 9.17) is 0 Å². The van der Waals surface area contributed by atoms with Crippen LogP contribution < -0.4 is 0 Å². The molecule has 1 aliphatic carbocycles. The second-order valence-electron chi connectivity index (χ2n) is 5.52. The first-order valence-corrected chi connectivity index (χ1v) is 7.49. The minimum atomic E-state index is -0.490. The van der Waals surface area contributed by atoms with Crippen LogP contribution in [0.2, 0.25) is 0 Å². The van der Waals surface area contributed by atoms with Crippen molar-refractivity contribution in [3.05, 3.63) is 15.6 Å². The van der Waals surface area contributed by atoms with Crippen molar-refractivity contribution in [2.24, 2.45) is 5.92 Å². The summed E-state index contributed by atoms with van der Waals surface area (Å²) in [4.78, 5) is 5.84. The quantitative estimate of drug-likeness (QED) is 0.892. The molecule has 0 aromatic carbocycles. The van der Waals surface area contributed by atoms with Crippen LogP contribution in [0.15, 0.2) is 0 Å². The van der Waals surface area contributed by atoms with E-state index in [9.17, 15) is 5.11 Å². The van der Waals surface area contributed by atoms with Gasteiger partial charge in [-0.25, -0.2) is 4.98 Å². The molecular weight excluding hydrogens is 230 g/mol. The van der Waals surface area contributed by atoms with E-state index in [0.29, 0.717) is 5.92 Å². The Hall–Kier alpha value is -0.410. The van der Waals surface area contributed by atoms with Gasteiger partial charge in [-0.1, -0.05) is 26.2 Å². The highest BCUT2D eigenvalue weighted by molar-refractivity contribution is 7.11. The zero-order chi connectivity index (χ0) is 12.5. The van der Waals surface area contributed by atoms with Gasteiger partial charge in [0.05, 0.1) is 16.3 Å². The molecule has 2 unspecified atom stereocenters. The van der Waals surface area contributed by atoms with Crippen LogP contribution in [-0.4, -0.2) is 15.7 Å². The summed E-state index contributed by atoms with van der Waals surface area (Å²) in [6.07, 6.45) is 6.30. The van der Waals surface area contributed by atoms with Crippen molar-refractivity contribution in [3.63, 3.8) is 0 Å². The molecule has 3 heteroatoms. The Morgan fingerprint density at radius 2 is 2.24 bits per heavy atom. The van der Waals surface area contributed by atoms with Crippen molar-refractivity contribution in [2.75, 3.05) is 0 Å². The first kappa shape index (κ1) is 13.0. The largest absolute Gasteiger partial charge is 0.389 e. The molecule has 1 aromatic rings. The van der Waals surface area contributed by atoms with Crippen LogP contribution in [0.4, 0.5) is 0 Å². The summed E-state index contributed by atoms with van der Waals surface area (Å²) in [7, 11) is 0. The fourth-order valence-electron chi connectivity index (χ4n) is 2.87. The van der Waals surface area contributed by atoms with E-state index in [1.165, 1.54) is 24.1 Å². The lowest BCUT2D eigenvalue weighted by molar-refractivity contribution is -0.0162. The molecule has 1 heterocycles. The van der Waals surface area contributed by atoms with Crippen LogP contribution in [0.1, 0.15) is 54.6 Å². The average molecular weight is 253 g/mol. The van der Waals surface area contributed by atoms with Gasteiger partial charge in [-0.3, -0.25) is 0 Å². The van der Waals surface area contributed by atoms with Gasteiger partial charge in [-0.15, -0.1) is 11.3 Å². The van der Waals surface area contributed by atoms with Gasteiger partial charge in [-0.05, 0) is 32.6 Å². The van der Waals surface area contributed by atoms with E-state index >= 15 is 0 Å². The van der Waals surface area contributed by atoms with E-state index in [-0.39, 0.29) is 0 Å². The Bertz CT molecular complexity index is 368. The minimum Gasteiger partial charge on any atom is -0.389 e. The molecule has 1 aromatic heterocycles. The second-order valence-corrected chi connectivity index (χ2v) is 6.81. The van der Waals surface area contributed by atoms with Gasteiger partial charge in [0, 0.05) is 11.3 Å². The minimum absolute atomic E-state index is 0.490. The smallest absolute Gasteiger partial charge is 0.0959 e. The number of aromatic nitrogens is 1. The topological polar surface area (TPSA) is 33.1 Å². The summed E-state index contributed by atoms with van der Waals surface area (Å²) in [6, 6.07) is 0. The number of nitrogens with zero attached hydrogens (tertiary/aromatic N) is 1. The number of hydrogen-bond donors (Lipinski definition) is 1. The highest BCUT2D eigenvalue weighted by Crippen LogP contribution is 2.37. The molecule has 1 saturated carbocycles. The zero-order valence-electron chi connectivity index (χ0n) is 11.1. The van der Waals surface area contributed by atoms with E-state index in [0.717, 1.165) is 30.0 Å². The monoisotopic (exact) mass is 253 g/mol. The SMILES string of the molecule is CCC1CCCC(O)(Cc2nc(C)c(C)s2)C1. The molecule has 1 aliphatic rings. The third-order valence-corrected chi connectivity index (χ3v) is 5.13. The number of rotatable bonds is 3. The van der Waals surface area contributed by atoms with Crippen molar-refractivity contribution in [1.82, 2.24) is 4.98 Å². The van der Waals surface area contributed by atoms with Gasteiger partial charge in [0.2, 0.25) is 0 Å². The van der Waals surface area contributed by atoms with Crippen molar-refractivity contribution in [2.45, 2.75) is 64.9 Å². The number of aliphatic hydroxyl groups is 1. The standard InChI is InChI=1S/C14H23NOS/c1-4-12-6-5-7-14(16,8-12)9-13-15-10(2)11(3)17-13/h12,16H,4-9H2,1-3H3. The van der Waals surface area contributed by atoms with Gasteiger partial charge in [0.1, 0.15) is 0 Å². The molecule has 0 bridgehead atoms. The first-order valence-electron chi connectivity index (χ1n) is 6.68. The van der Waals surface area contributed by atoms with E-state index in [1.807, 2.05) is 0 Å². The summed E-state index contributed by atoms with van der Waals surface area (Å²) in [6.45, 7) is 6.39. The molecule has 1 fully saturated rings. The summed E-state index contributed by atoms with van der Waals surface area (Å²) in [5, 5.41) is 11.8. The first-order chi connectivity index (χ1) is 8.02. The molecule has 0 amide bonds. The van der Waals surface area contributed by atoms with Crippen molar-refractivity contribution in [3.8, 4) is 0 Å². The zero-order valence-corrected chi connectivity index (χ0v) is 11.9. The van der Waals surface area contributed by atoms with Crippen LogP contribution in [0.5, 0.6) is 0 Å². The maximum absolute atomic E-state index is 10.7. The van der Waals surface area contributed by atoms with E-state index in [2.05, 4.69) is 25.8 Å². The molecule has 96 valence electrons. The summed E-state index contributed by atoms with van der Waals surface area (Å²) < 4.78 is 0. The van der Waals surface area contributed by atoms with Gasteiger partial charge in [0.25, 0.3) is 0 Å². The van der Waals surface area contributed by atoms with Gasteiger partial charge >= 0.3 is 0 Å². The maximum Gasteiger partial charge on any atom is 0.0959 e. The Balaban J connectivity index is 2.06. The Labute approximate surface area is 108 Å². The van der Waals surface area contributed by atoms with Crippen LogP contribution in [0, 0.1) is 19.8 Å². The third kappa shape index (κ3) is 3.08. The molecule has 17 heavy (non-hydrogen) atoms. The molecule has 2 rings (SSSR count). The molecule has 0 spiro atoms. The molecule has 1 N–H and O–H groups in total. The lowest BCUT2D eigenvalue weighted by atomic mass is 9.75. The fourth-order valence-corrected chi connectivity index (χ4v) is 3.94. The summed E-state index contributed by atoms with van der Waals surface area (Å²) in [5.41, 5.74) is 0.631. The second kappa shape index (κ2) is 5.07. The molecular formula is C14H23NOS. The highest BCUT2D eigenvalue weighted by Gasteiger charge is 2.34. The number of hydrogen-bond acceptors (Lipinski definition) is 3. The van der Waals surface area contributed by atoms with Gasteiger partial charge in [-0.2, -0.15) is 0 Å². The summed E-state index contributed by atoms with van der Waals surface area (Å²) in [5.74, 6) is 0.705. The number of thiazole rings is 1. The maximum atomic E-state index is 10.7. The van der Waals surface area contributed by atoms with Gasteiger partial charge < -0.3 is 5.11 Å². The fraction of sp³-hybridized carbons (Fsp3) is 0.786. The van der Waals surface area contributed by atoms with Crippen molar-refractivity contribution >= 4 is 11.3 Å². The Morgan fingerprint density at radius 3 is 2.82 bits per heavy atom. The predicted octanol–water partition coefficient (Wildman–Crippen LogP) is 3.63. The number of aryl methyl sites for hydroxylation is 2. The third-order valence-electron chi connectivity index (χ3n) is 4.05. The lowest BCUT2D eigenvalue weighted by Gasteiger charge is -2.36. The molecule has 0 saturated heterocycles. The van der Waals surface area contributed by atoms with E-state index in [1.54, 1.807) is 11.3 Å². The van der Waals surface area contributed by atoms with Crippen molar-refractivity contribution in [1.29, 1.82) is 0 Å². The molecule has 0 radical (unpaired) electrons. The molecule has 2 atom stereocenters. The molecule has 2 nitrogen and oxygen atoms in total. The Morgan fingerprint density at radius 1 is 1.47 bits per heavy atom.